The van der Waals surface area contributed by atoms with Crippen LogP contribution in [0.4, 0.5) is 10.1 Å². The predicted molar refractivity (Wildman–Crippen MR) is 78.1 cm³/mol. The number of rotatable bonds is 8. The third-order valence-corrected chi connectivity index (χ3v) is 3.20. The first-order valence-electron chi connectivity index (χ1n) is 6.88. The molecule has 1 aromatic carbocycles. The molecule has 19 heavy (non-hydrogen) atoms. The van der Waals surface area contributed by atoms with Gasteiger partial charge >= 0.3 is 0 Å². The number of hydrogen-bond donors (Lipinski definition) is 1. The summed E-state index contributed by atoms with van der Waals surface area (Å²) in [7, 11) is 1.70. The molecule has 3 nitrogen and oxygen atoms in total. The molecule has 0 aliphatic carbocycles. The highest BCUT2D eigenvalue weighted by Crippen LogP contribution is 2.23. The zero-order chi connectivity index (χ0) is 14.3. The Morgan fingerprint density at radius 3 is 2.68 bits per heavy atom. The van der Waals surface area contributed by atoms with Crippen molar-refractivity contribution < 1.29 is 9.13 Å². The zero-order valence-electron chi connectivity index (χ0n) is 12.4. The summed E-state index contributed by atoms with van der Waals surface area (Å²) >= 11 is 0. The first-order chi connectivity index (χ1) is 9.13. The van der Waals surface area contributed by atoms with E-state index in [0.29, 0.717) is 13.2 Å². The molecule has 1 rings (SSSR count). The molecule has 0 fully saturated rings. The number of anilines is 1. The molecule has 0 saturated heterocycles. The first-order valence-corrected chi connectivity index (χ1v) is 6.88. The van der Waals surface area contributed by atoms with Crippen molar-refractivity contribution in [2.24, 2.45) is 0 Å². The normalized spacial score (nSPS) is 12.5. The number of likely N-dealkylation sites (N-methyl/N-ethyl adjacent to an activating group) is 1. The maximum Gasteiger partial charge on any atom is 0.123 e. The van der Waals surface area contributed by atoms with Gasteiger partial charge in [-0.2, -0.15) is 0 Å². The fourth-order valence-electron chi connectivity index (χ4n) is 2.29. The smallest absolute Gasteiger partial charge is 0.123 e. The van der Waals surface area contributed by atoms with Gasteiger partial charge in [-0.1, -0.05) is 6.92 Å². The molecule has 1 atom stereocenters. The van der Waals surface area contributed by atoms with E-state index >= 15 is 0 Å². The Bertz CT molecular complexity index is 384. The van der Waals surface area contributed by atoms with Crippen LogP contribution in [-0.2, 0) is 11.3 Å². The predicted octanol–water partition coefficient (Wildman–Crippen LogP) is 2.80. The van der Waals surface area contributed by atoms with Crippen LogP contribution in [0.15, 0.2) is 18.2 Å². The van der Waals surface area contributed by atoms with Gasteiger partial charge in [-0.3, -0.25) is 0 Å². The number of nitrogens with one attached hydrogen (secondary N) is 1. The van der Waals surface area contributed by atoms with Gasteiger partial charge in [-0.15, -0.1) is 0 Å². The molecule has 1 N–H and O–H groups in total. The number of nitrogens with zero attached hydrogens (tertiary/aromatic N) is 1. The summed E-state index contributed by atoms with van der Waals surface area (Å²) in [6, 6.07) is 5.26. The van der Waals surface area contributed by atoms with Crippen molar-refractivity contribution >= 4 is 5.69 Å². The quantitative estimate of drug-likeness (QED) is 0.784. The Kier molecular flexibility index (Phi) is 6.81. The minimum absolute atomic E-state index is 0.188. The van der Waals surface area contributed by atoms with Crippen LogP contribution in [0, 0.1) is 5.82 Å². The Balaban J connectivity index is 3.00. The van der Waals surface area contributed by atoms with Gasteiger partial charge in [0.1, 0.15) is 5.82 Å². The van der Waals surface area contributed by atoms with Gasteiger partial charge < -0.3 is 15.0 Å². The van der Waals surface area contributed by atoms with Crippen LogP contribution in [0.1, 0.15) is 26.3 Å². The topological polar surface area (TPSA) is 24.5 Å². The van der Waals surface area contributed by atoms with Crippen LogP contribution in [0.25, 0.3) is 0 Å². The van der Waals surface area contributed by atoms with Gasteiger partial charge in [0.05, 0.1) is 6.61 Å². The van der Waals surface area contributed by atoms with E-state index in [1.807, 2.05) is 13.0 Å². The molecule has 0 amide bonds. The summed E-state index contributed by atoms with van der Waals surface area (Å²) in [5.74, 6) is -0.188. The van der Waals surface area contributed by atoms with Crippen LogP contribution in [0.3, 0.4) is 0 Å². The van der Waals surface area contributed by atoms with Gasteiger partial charge in [0, 0.05) is 31.9 Å². The van der Waals surface area contributed by atoms with Gasteiger partial charge in [0.2, 0.25) is 0 Å². The highest BCUT2D eigenvalue weighted by atomic mass is 19.1. The summed E-state index contributed by atoms with van der Waals surface area (Å²) in [5, 5.41) is 3.26. The molecule has 0 aliphatic heterocycles. The number of methoxy groups -OCH3 is 1. The minimum atomic E-state index is -0.188. The van der Waals surface area contributed by atoms with E-state index in [4.69, 9.17) is 4.74 Å². The van der Waals surface area contributed by atoms with Crippen molar-refractivity contribution in [3.63, 3.8) is 0 Å². The largest absolute Gasteiger partial charge is 0.383 e. The Labute approximate surface area is 115 Å². The third kappa shape index (κ3) is 4.48. The molecule has 1 unspecified atom stereocenters. The lowest BCUT2D eigenvalue weighted by Gasteiger charge is -2.31. The standard InChI is InChI=1S/C15H25FN2O/c1-5-17-10-13-9-14(16)7-8-15(13)18(6-2)12(3)11-19-4/h7-9,12,17H,5-6,10-11H2,1-4H3. The van der Waals surface area contributed by atoms with E-state index in [1.165, 1.54) is 6.07 Å². The number of ether oxygens (including phenoxy) is 1. The molecular formula is C15H25FN2O. The van der Waals surface area contributed by atoms with E-state index in [-0.39, 0.29) is 11.9 Å². The number of hydrogen-bond acceptors (Lipinski definition) is 3. The molecule has 0 aromatic heterocycles. The molecule has 0 bridgehead atoms. The Hall–Kier alpha value is -1.13. The average Bonchev–Trinajstić information content (AvgIpc) is 2.39. The second kappa shape index (κ2) is 8.12. The SMILES string of the molecule is CCNCc1cc(F)ccc1N(CC)C(C)COC. The molecule has 4 heteroatoms. The van der Waals surface area contributed by atoms with E-state index in [9.17, 15) is 4.39 Å². The van der Waals surface area contributed by atoms with Gasteiger partial charge in [0.15, 0.2) is 0 Å². The van der Waals surface area contributed by atoms with Crippen molar-refractivity contribution in [3.8, 4) is 0 Å². The fourth-order valence-corrected chi connectivity index (χ4v) is 2.29. The van der Waals surface area contributed by atoms with E-state index in [0.717, 1.165) is 24.3 Å². The van der Waals surface area contributed by atoms with Crippen molar-refractivity contribution in [3.05, 3.63) is 29.6 Å². The van der Waals surface area contributed by atoms with Gasteiger partial charge in [-0.05, 0) is 44.2 Å². The monoisotopic (exact) mass is 268 g/mol. The third-order valence-electron chi connectivity index (χ3n) is 3.20. The molecular weight excluding hydrogens is 243 g/mol. The maximum absolute atomic E-state index is 13.4. The van der Waals surface area contributed by atoms with Gasteiger partial charge in [0.25, 0.3) is 0 Å². The van der Waals surface area contributed by atoms with Crippen molar-refractivity contribution in [1.82, 2.24) is 5.32 Å². The lowest BCUT2D eigenvalue weighted by Crippen LogP contribution is -2.37. The number of halogens is 1. The lowest BCUT2D eigenvalue weighted by molar-refractivity contribution is 0.182. The molecule has 0 spiro atoms. The highest BCUT2D eigenvalue weighted by molar-refractivity contribution is 5.54. The van der Waals surface area contributed by atoms with Crippen LogP contribution < -0.4 is 10.2 Å². The molecule has 108 valence electrons. The molecule has 0 saturated carbocycles. The van der Waals surface area contributed by atoms with Crippen LogP contribution in [-0.4, -0.2) is 32.8 Å². The molecule has 1 aromatic rings. The molecule has 0 aliphatic rings. The second-order valence-electron chi connectivity index (χ2n) is 4.64. The summed E-state index contributed by atoms with van der Waals surface area (Å²) in [5.41, 5.74) is 2.07. The Morgan fingerprint density at radius 2 is 2.11 bits per heavy atom. The second-order valence-corrected chi connectivity index (χ2v) is 4.64. The summed E-state index contributed by atoms with van der Waals surface area (Å²) in [6.45, 7) is 9.35. The summed E-state index contributed by atoms with van der Waals surface area (Å²) < 4.78 is 18.6. The van der Waals surface area contributed by atoms with Crippen molar-refractivity contribution in [1.29, 1.82) is 0 Å². The summed E-state index contributed by atoms with van der Waals surface area (Å²) in [4.78, 5) is 2.25. The average molecular weight is 268 g/mol. The molecule has 0 heterocycles. The van der Waals surface area contributed by atoms with E-state index in [2.05, 4.69) is 24.1 Å². The fraction of sp³-hybridized carbons (Fsp3) is 0.600. The summed E-state index contributed by atoms with van der Waals surface area (Å²) in [6.07, 6.45) is 0. The first kappa shape index (κ1) is 15.9. The molecule has 0 radical (unpaired) electrons. The Morgan fingerprint density at radius 1 is 1.37 bits per heavy atom. The van der Waals surface area contributed by atoms with E-state index < -0.39 is 0 Å². The van der Waals surface area contributed by atoms with Gasteiger partial charge in [-0.25, -0.2) is 4.39 Å². The minimum Gasteiger partial charge on any atom is -0.383 e. The zero-order valence-corrected chi connectivity index (χ0v) is 12.4. The highest BCUT2D eigenvalue weighted by Gasteiger charge is 2.16. The van der Waals surface area contributed by atoms with Crippen LogP contribution in [0.5, 0.6) is 0 Å². The van der Waals surface area contributed by atoms with Crippen molar-refractivity contribution in [2.75, 3.05) is 31.7 Å². The van der Waals surface area contributed by atoms with E-state index in [1.54, 1.807) is 13.2 Å². The van der Waals surface area contributed by atoms with Crippen LogP contribution in [0.2, 0.25) is 0 Å². The van der Waals surface area contributed by atoms with Crippen molar-refractivity contribution in [2.45, 2.75) is 33.4 Å². The lowest BCUT2D eigenvalue weighted by atomic mass is 10.1. The number of benzene rings is 1. The van der Waals surface area contributed by atoms with Crippen LogP contribution >= 0.6 is 0 Å². The maximum atomic E-state index is 13.4.